The van der Waals surface area contributed by atoms with Gasteiger partial charge in [-0.1, -0.05) is 12.1 Å². The molecule has 0 fully saturated rings. The Morgan fingerprint density at radius 2 is 1.90 bits per heavy atom. The molecular formula is C33H34FN2O4+. The molecule has 1 aliphatic heterocycles. The van der Waals surface area contributed by atoms with E-state index in [-0.39, 0.29) is 24.1 Å². The number of carbonyl (C=O) groups is 1. The highest BCUT2D eigenvalue weighted by Crippen LogP contribution is 2.45. The van der Waals surface area contributed by atoms with Crippen LogP contribution in [0.3, 0.4) is 0 Å². The van der Waals surface area contributed by atoms with Gasteiger partial charge >= 0.3 is 5.97 Å². The van der Waals surface area contributed by atoms with E-state index in [4.69, 9.17) is 25.0 Å². The number of aryl methyl sites for hydroxylation is 2. The third kappa shape index (κ3) is 5.28. The lowest BCUT2D eigenvalue weighted by Crippen LogP contribution is -2.36. The topological polar surface area (TPSA) is 94.2 Å². The van der Waals surface area contributed by atoms with Crippen LogP contribution in [0.25, 0.3) is 11.1 Å². The van der Waals surface area contributed by atoms with Crippen LogP contribution in [0.2, 0.25) is 0 Å². The van der Waals surface area contributed by atoms with E-state index in [1.807, 2.05) is 50.2 Å². The molecule has 3 aromatic rings. The largest absolute Gasteiger partial charge is 0.492 e. The van der Waals surface area contributed by atoms with Crippen molar-refractivity contribution >= 4 is 17.4 Å². The van der Waals surface area contributed by atoms with Gasteiger partial charge in [-0.25, -0.2) is 4.39 Å². The van der Waals surface area contributed by atoms with Gasteiger partial charge in [0.1, 0.15) is 23.4 Å². The molecule has 206 valence electrons. The fraction of sp³-hybridized carbons (Fsp3) is 0.303. The second-order valence-electron chi connectivity index (χ2n) is 10.6. The van der Waals surface area contributed by atoms with Crippen LogP contribution in [0.4, 0.5) is 4.39 Å². The number of hydrogen-bond acceptors (Lipinski definition) is 5. The lowest BCUT2D eigenvalue weighted by molar-refractivity contribution is -0.141. The van der Waals surface area contributed by atoms with Crippen LogP contribution in [0, 0.1) is 25.1 Å². The van der Waals surface area contributed by atoms with Crippen LogP contribution >= 0.6 is 0 Å². The quantitative estimate of drug-likeness (QED) is 0.297. The Bertz CT molecular complexity index is 1540. The first kappa shape index (κ1) is 27.3. The molecule has 0 saturated carbocycles. The van der Waals surface area contributed by atoms with Crippen LogP contribution in [0.1, 0.15) is 65.2 Å². The van der Waals surface area contributed by atoms with Gasteiger partial charge in [0.2, 0.25) is 0 Å². The molecule has 1 heterocycles. The van der Waals surface area contributed by atoms with Crippen molar-refractivity contribution in [2.45, 2.75) is 52.1 Å². The first-order valence-corrected chi connectivity index (χ1v) is 13.5. The van der Waals surface area contributed by atoms with E-state index in [1.165, 1.54) is 13.2 Å². The van der Waals surface area contributed by atoms with Gasteiger partial charge in [0.25, 0.3) is 0 Å². The summed E-state index contributed by atoms with van der Waals surface area (Å²) in [6, 6.07) is 13.0. The van der Waals surface area contributed by atoms with Crippen molar-refractivity contribution in [1.29, 1.82) is 5.41 Å². The van der Waals surface area contributed by atoms with E-state index in [0.717, 1.165) is 38.9 Å². The average molecular weight is 542 g/mol. The van der Waals surface area contributed by atoms with Crippen molar-refractivity contribution in [3.05, 3.63) is 93.8 Å². The maximum Gasteiger partial charge on any atom is 0.306 e. The van der Waals surface area contributed by atoms with Crippen LogP contribution in [-0.4, -0.2) is 31.1 Å². The van der Waals surface area contributed by atoms with E-state index in [9.17, 15) is 4.79 Å². The summed E-state index contributed by atoms with van der Waals surface area (Å²) < 4.78 is 32.2. The number of halogens is 1. The highest BCUT2D eigenvalue weighted by Gasteiger charge is 2.32. The molecule has 0 unspecified atom stereocenters. The van der Waals surface area contributed by atoms with E-state index in [2.05, 4.69) is 0 Å². The second-order valence-corrected chi connectivity index (χ2v) is 10.6. The van der Waals surface area contributed by atoms with Gasteiger partial charge in [-0.15, -0.1) is 0 Å². The second kappa shape index (κ2) is 11.1. The highest BCUT2D eigenvalue weighted by molar-refractivity contribution is 6.09. The Hall–Kier alpha value is -4.26. The van der Waals surface area contributed by atoms with E-state index in [1.54, 1.807) is 19.1 Å². The molecule has 0 amide bonds. The standard InChI is InChI=1S/C33H33FN2O4/c1-18-13-21(28(36)11-5-20(3)35)14-19(2)32(18)25-8-10-27(34)33-26(25)9-12-29(33)40-23-6-7-24-22(15-31(37)38-4)17-39-30(24)16-23/h5-8,10-11,13-14,16,22,29,35-36H,9,12,15,17H2,1-4H3/p+1/b11-5-,35-20?,36-28?/t22-,29-/m1/s1. The van der Waals surface area contributed by atoms with Crippen LogP contribution < -0.4 is 14.9 Å². The number of fused-ring (bicyclic) bond motifs is 2. The molecule has 0 spiro atoms. The Labute approximate surface area is 233 Å². The number of carbonyl (C=O) groups excluding carboxylic acids is 1. The molecule has 40 heavy (non-hydrogen) atoms. The van der Waals surface area contributed by atoms with Crippen molar-refractivity contribution in [1.82, 2.24) is 0 Å². The summed E-state index contributed by atoms with van der Waals surface area (Å²) >= 11 is 0. The summed E-state index contributed by atoms with van der Waals surface area (Å²) in [5.41, 5.74) is 8.45. The van der Waals surface area contributed by atoms with Gasteiger partial charge in [0.15, 0.2) is 5.71 Å². The molecule has 0 aromatic heterocycles. The molecule has 1 aliphatic carbocycles. The zero-order valence-corrected chi connectivity index (χ0v) is 23.3. The Balaban J connectivity index is 1.42. The SMILES string of the molecule is COC(=O)C[C@@H]1COc2cc(O[C@@H]3CCc4c(-c5c(C)cc(C(=N)/C=C\C(C)=[NH2+])cc5C)ccc(F)c43)ccc21. The number of rotatable bonds is 8. The number of allylic oxidation sites excluding steroid dienone is 2. The van der Waals surface area contributed by atoms with Crippen molar-refractivity contribution < 1.29 is 28.8 Å². The summed E-state index contributed by atoms with van der Waals surface area (Å²) in [4.78, 5) is 11.7. The summed E-state index contributed by atoms with van der Waals surface area (Å²) in [5.74, 6) is 0.693. The van der Waals surface area contributed by atoms with Gasteiger partial charge in [-0.05, 0) is 90.4 Å². The molecule has 0 radical (unpaired) electrons. The molecule has 2 aliphatic rings. The van der Waals surface area contributed by atoms with Crippen molar-refractivity contribution in [3.8, 4) is 22.6 Å². The van der Waals surface area contributed by atoms with Crippen molar-refractivity contribution in [3.63, 3.8) is 0 Å². The summed E-state index contributed by atoms with van der Waals surface area (Å²) in [7, 11) is 1.38. The summed E-state index contributed by atoms with van der Waals surface area (Å²) in [5, 5.41) is 14.1. The molecule has 2 atom stereocenters. The molecule has 6 nitrogen and oxygen atoms in total. The molecule has 7 heteroatoms. The summed E-state index contributed by atoms with van der Waals surface area (Å²) in [6.45, 7) is 6.26. The lowest BCUT2D eigenvalue weighted by Gasteiger charge is -2.19. The van der Waals surface area contributed by atoms with E-state index < -0.39 is 6.10 Å². The predicted molar refractivity (Wildman–Crippen MR) is 153 cm³/mol. The number of ether oxygens (including phenoxy) is 3. The summed E-state index contributed by atoms with van der Waals surface area (Å²) in [6.07, 6.45) is 4.62. The van der Waals surface area contributed by atoms with Crippen molar-refractivity contribution in [2.75, 3.05) is 13.7 Å². The minimum atomic E-state index is -0.422. The van der Waals surface area contributed by atoms with Crippen LogP contribution in [0.15, 0.2) is 54.6 Å². The predicted octanol–water partition coefficient (Wildman–Crippen LogP) is 5.36. The van der Waals surface area contributed by atoms with Gasteiger partial charge in [-0.3, -0.25) is 10.2 Å². The fourth-order valence-corrected chi connectivity index (χ4v) is 5.83. The minimum Gasteiger partial charge on any atom is -0.492 e. The molecular weight excluding hydrogens is 507 g/mol. The molecule has 3 N–H and O–H groups in total. The minimum absolute atomic E-state index is 0.0514. The van der Waals surface area contributed by atoms with Gasteiger partial charge in [-0.2, -0.15) is 0 Å². The van der Waals surface area contributed by atoms with Gasteiger partial charge < -0.3 is 19.6 Å². The first-order chi connectivity index (χ1) is 19.2. The number of esters is 1. The molecule has 0 bridgehead atoms. The smallest absolute Gasteiger partial charge is 0.306 e. The zero-order chi connectivity index (χ0) is 28.6. The fourth-order valence-electron chi connectivity index (χ4n) is 5.83. The van der Waals surface area contributed by atoms with Crippen LogP contribution in [-0.2, 0) is 16.0 Å². The zero-order valence-electron chi connectivity index (χ0n) is 23.3. The molecule has 5 rings (SSSR count). The normalized spacial score (nSPS) is 17.3. The maximum absolute atomic E-state index is 15.3. The number of nitrogens with one attached hydrogen (secondary N) is 1. The monoisotopic (exact) mass is 541 g/mol. The number of nitrogens with two attached hydrogens (primary N) is 1. The number of benzene rings is 3. The first-order valence-electron chi connectivity index (χ1n) is 13.5. The molecule has 0 saturated heterocycles. The highest BCUT2D eigenvalue weighted by atomic mass is 19.1. The molecule has 3 aromatic carbocycles. The third-order valence-electron chi connectivity index (χ3n) is 7.69. The maximum atomic E-state index is 15.3. The Morgan fingerprint density at radius 3 is 2.60 bits per heavy atom. The van der Waals surface area contributed by atoms with Crippen LogP contribution in [0.5, 0.6) is 11.5 Å². The van der Waals surface area contributed by atoms with Gasteiger partial charge in [0, 0.05) is 36.1 Å². The Morgan fingerprint density at radius 1 is 1.15 bits per heavy atom. The average Bonchev–Trinajstić information content (AvgIpc) is 3.52. The lowest BCUT2D eigenvalue weighted by atomic mass is 9.88. The van der Waals surface area contributed by atoms with E-state index in [0.29, 0.717) is 47.9 Å². The van der Waals surface area contributed by atoms with Gasteiger partial charge in [0.05, 0.1) is 25.8 Å². The Kier molecular flexibility index (Phi) is 7.57. The third-order valence-corrected chi connectivity index (χ3v) is 7.69. The van der Waals surface area contributed by atoms with Crippen molar-refractivity contribution in [2.24, 2.45) is 0 Å². The number of hydrogen-bond donors (Lipinski definition) is 2. The van der Waals surface area contributed by atoms with E-state index >= 15 is 4.39 Å². The number of methoxy groups -OCH3 is 1.